The Balaban J connectivity index is 1.21. The Kier molecular flexibility index (Phi) is 7.72. The Morgan fingerprint density at radius 2 is 1.51 bits per heavy atom. The van der Waals surface area contributed by atoms with E-state index in [4.69, 9.17) is 4.74 Å². The predicted molar refractivity (Wildman–Crippen MR) is 143 cm³/mol. The van der Waals surface area contributed by atoms with Crippen LogP contribution < -0.4 is 10.6 Å². The van der Waals surface area contributed by atoms with Gasteiger partial charge in [-0.1, -0.05) is 60.7 Å². The number of anilines is 1. The van der Waals surface area contributed by atoms with E-state index in [1.54, 1.807) is 29.2 Å². The smallest absolute Gasteiger partial charge is 0.251 e. The molecule has 0 radical (unpaired) electrons. The van der Waals surface area contributed by atoms with E-state index in [9.17, 15) is 9.59 Å². The van der Waals surface area contributed by atoms with Crippen molar-refractivity contribution in [1.82, 2.24) is 15.1 Å². The highest BCUT2D eigenvalue weighted by atomic mass is 16.5. The number of carbonyl (C=O) groups excluding carboxylic acids is 2. The van der Waals surface area contributed by atoms with E-state index in [2.05, 4.69) is 40.0 Å². The third kappa shape index (κ3) is 6.13. The number of benzene rings is 3. The van der Waals surface area contributed by atoms with Crippen LogP contribution in [0.3, 0.4) is 0 Å². The van der Waals surface area contributed by atoms with Gasteiger partial charge in [-0.25, -0.2) is 4.68 Å². The van der Waals surface area contributed by atoms with Gasteiger partial charge in [-0.15, -0.1) is 0 Å². The highest BCUT2D eigenvalue weighted by molar-refractivity contribution is 5.94. The fourth-order valence-electron chi connectivity index (χ4n) is 4.59. The zero-order valence-electron chi connectivity index (χ0n) is 20.5. The Labute approximate surface area is 216 Å². The lowest BCUT2D eigenvalue weighted by Crippen LogP contribution is -2.29. The maximum Gasteiger partial charge on any atom is 0.251 e. The van der Waals surface area contributed by atoms with Gasteiger partial charge in [0.25, 0.3) is 5.91 Å². The first kappa shape index (κ1) is 24.5. The van der Waals surface area contributed by atoms with E-state index in [1.165, 1.54) is 0 Å². The van der Waals surface area contributed by atoms with Crippen molar-refractivity contribution in [3.05, 3.63) is 114 Å². The number of hydrogen-bond acceptors (Lipinski definition) is 4. The summed E-state index contributed by atoms with van der Waals surface area (Å²) in [7, 11) is 0. The lowest BCUT2D eigenvalue weighted by molar-refractivity contribution is -0.122. The van der Waals surface area contributed by atoms with Crippen molar-refractivity contribution in [3.63, 3.8) is 0 Å². The number of rotatable bonds is 8. The molecule has 0 aliphatic carbocycles. The van der Waals surface area contributed by atoms with Gasteiger partial charge in [0.05, 0.1) is 23.8 Å². The molecule has 3 aromatic carbocycles. The zero-order valence-corrected chi connectivity index (χ0v) is 20.5. The standard InChI is InChI=1S/C30H30N4O3/c35-29(31-20-28(22-7-3-1-4-8-22)23-9-5-2-6-10-23)24-11-13-27(14-12-24)34-21-26(19-32-34)33-30(36)25-15-17-37-18-16-25/h1-14,19,21,25,28H,15-18,20H2,(H,31,35)(H,33,36). The van der Waals surface area contributed by atoms with Crippen LogP contribution in [-0.4, -0.2) is 41.4 Å². The second kappa shape index (κ2) is 11.7. The lowest BCUT2D eigenvalue weighted by atomic mass is 9.91. The maximum atomic E-state index is 12.9. The molecule has 7 heteroatoms. The number of amides is 2. The number of hydrogen-bond donors (Lipinski definition) is 2. The summed E-state index contributed by atoms with van der Waals surface area (Å²) in [4.78, 5) is 25.4. The predicted octanol–water partition coefficient (Wildman–Crippen LogP) is 4.80. The molecule has 0 unspecified atom stereocenters. The van der Waals surface area contributed by atoms with Gasteiger partial charge in [-0.05, 0) is 48.2 Å². The molecule has 7 nitrogen and oxygen atoms in total. The van der Waals surface area contributed by atoms with Gasteiger partial charge in [-0.2, -0.15) is 5.10 Å². The van der Waals surface area contributed by atoms with Gasteiger partial charge >= 0.3 is 0 Å². The summed E-state index contributed by atoms with van der Waals surface area (Å²) in [5.41, 5.74) is 4.33. The van der Waals surface area contributed by atoms with Crippen LogP contribution in [0.15, 0.2) is 97.3 Å². The quantitative estimate of drug-likeness (QED) is 0.369. The first-order chi connectivity index (χ1) is 18.2. The SMILES string of the molecule is O=C(NCC(c1ccccc1)c1ccccc1)c1ccc(-n2cc(NC(=O)C3CCOCC3)cn2)cc1. The Bertz CT molecular complexity index is 1270. The highest BCUT2D eigenvalue weighted by Crippen LogP contribution is 2.24. The topological polar surface area (TPSA) is 85.2 Å². The minimum atomic E-state index is -0.131. The number of carbonyl (C=O) groups is 2. The second-order valence-corrected chi connectivity index (χ2v) is 9.18. The molecular weight excluding hydrogens is 464 g/mol. The van der Waals surface area contributed by atoms with E-state index < -0.39 is 0 Å². The molecule has 2 heterocycles. The molecule has 1 aliphatic heterocycles. The van der Waals surface area contributed by atoms with Gasteiger partial charge in [0, 0.05) is 37.2 Å². The summed E-state index contributed by atoms with van der Waals surface area (Å²) in [6.07, 6.45) is 4.88. The molecule has 188 valence electrons. The van der Waals surface area contributed by atoms with Crippen molar-refractivity contribution in [2.75, 3.05) is 25.1 Å². The van der Waals surface area contributed by atoms with Crippen LogP contribution in [0, 0.1) is 5.92 Å². The summed E-state index contributed by atoms with van der Waals surface area (Å²) in [5.74, 6) is -0.102. The fourth-order valence-corrected chi connectivity index (χ4v) is 4.59. The second-order valence-electron chi connectivity index (χ2n) is 9.18. The normalized spacial score (nSPS) is 13.9. The van der Waals surface area contributed by atoms with Crippen molar-refractivity contribution in [3.8, 4) is 5.69 Å². The van der Waals surface area contributed by atoms with Crippen LogP contribution in [0.5, 0.6) is 0 Å². The molecular formula is C30H30N4O3. The summed E-state index contributed by atoms with van der Waals surface area (Å²) in [5, 5.41) is 10.4. The van der Waals surface area contributed by atoms with Crippen molar-refractivity contribution < 1.29 is 14.3 Å². The molecule has 0 bridgehead atoms. The number of nitrogens with one attached hydrogen (secondary N) is 2. The Hall–Kier alpha value is -4.23. The van der Waals surface area contributed by atoms with E-state index in [0.29, 0.717) is 31.0 Å². The molecule has 2 N–H and O–H groups in total. The van der Waals surface area contributed by atoms with Crippen LogP contribution in [0.1, 0.15) is 40.2 Å². The molecule has 1 saturated heterocycles. The van der Waals surface area contributed by atoms with Crippen LogP contribution in [-0.2, 0) is 9.53 Å². The minimum absolute atomic E-state index is 0.000761. The summed E-state index contributed by atoms with van der Waals surface area (Å²) >= 11 is 0. The van der Waals surface area contributed by atoms with Crippen molar-refractivity contribution in [1.29, 1.82) is 0 Å². The summed E-state index contributed by atoms with van der Waals surface area (Å²) in [6.45, 7) is 1.73. The molecule has 37 heavy (non-hydrogen) atoms. The molecule has 5 rings (SSSR count). The Morgan fingerprint density at radius 3 is 2.14 bits per heavy atom. The molecule has 2 amide bonds. The third-order valence-corrected chi connectivity index (χ3v) is 6.71. The fraction of sp³-hybridized carbons (Fsp3) is 0.233. The van der Waals surface area contributed by atoms with Crippen molar-refractivity contribution in [2.24, 2.45) is 5.92 Å². The molecule has 0 spiro atoms. The Morgan fingerprint density at radius 1 is 0.892 bits per heavy atom. The summed E-state index contributed by atoms with van der Waals surface area (Å²) < 4.78 is 7.01. The third-order valence-electron chi connectivity index (χ3n) is 6.71. The molecule has 0 atom stereocenters. The van der Waals surface area contributed by atoms with Crippen molar-refractivity contribution in [2.45, 2.75) is 18.8 Å². The number of nitrogens with zero attached hydrogens (tertiary/aromatic N) is 2. The van der Waals surface area contributed by atoms with E-state index in [0.717, 1.165) is 29.7 Å². The maximum absolute atomic E-state index is 12.9. The largest absolute Gasteiger partial charge is 0.381 e. The van der Waals surface area contributed by atoms with Gasteiger partial charge in [-0.3, -0.25) is 9.59 Å². The first-order valence-corrected chi connectivity index (χ1v) is 12.6. The molecule has 0 saturated carbocycles. The monoisotopic (exact) mass is 494 g/mol. The zero-order chi connectivity index (χ0) is 25.5. The molecule has 4 aromatic rings. The van der Waals surface area contributed by atoms with Crippen LogP contribution in [0.25, 0.3) is 5.69 Å². The molecule has 1 aliphatic rings. The van der Waals surface area contributed by atoms with Gasteiger partial charge in [0.2, 0.25) is 5.91 Å². The van der Waals surface area contributed by atoms with E-state index in [-0.39, 0.29) is 23.7 Å². The molecule has 1 aromatic heterocycles. The van der Waals surface area contributed by atoms with Crippen LogP contribution >= 0.6 is 0 Å². The average molecular weight is 495 g/mol. The van der Waals surface area contributed by atoms with Gasteiger partial charge < -0.3 is 15.4 Å². The van der Waals surface area contributed by atoms with Crippen LogP contribution in [0.4, 0.5) is 5.69 Å². The average Bonchev–Trinajstić information content (AvgIpc) is 3.43. The first-order valence-electron chi connectivity index (χ1n) is 12.6. The van der Waals surface area contributed by atoms with Crippen molar-refractivity contribution >= 4 is 17.5 Å². The molecule has 1 fully saturated rings. The minimum Gasteiger partial charge on any atom is -0.381 e. The van der Waals surface area contributed by atoms with Gasteiger partial charge in [0.1, 0.15) is 0 Å². The lowest BCUT2D eigenvalue weighted by Gasteiger charge is -2.20. The highest BCUT2D eigenvalue weighted by Gasteiger charge is 2.22. The van der Waals surface area contributed by atoms with Gasteiger partial charge in [0.15, 0.2) is 0 Å². The number of aromatic nitrogens is 2. The van der Waals surface area contributed by atoms with Crippen LogP contribution in [0.2, 0.25) is 0 Å². The van der Waals surface area contributed by atoms with E-state index in [1.807, 2.05) is 48.5 Å². The number of ether oxygens (including phenoxy) is 1. The van der Waals surface area contributed by atoms with E-state index >= 15 is 0 Å². The summed E-state index contributed by atoms with van der Waals surface area (Å²) in [6, 6.07) is 27.7.